The van der Waals surface area contributed by atoms with E-state index in [0.29, 0.717) is 4.32 Å². The SMILES string of the molecule is CSC(N)=S.[H-].[K+]. The molecule has 0 aliphatic carbocycles. The minimum atomic E-state index is 0. The standard InChI is InChI=1S/C2H5NS2.K.H/c1-5-2(3)4;;/h1H3,(H2,3,4);;/q;+1;-1. The van der Waals surface area contributed by atoms with Gasteiger partial charge in [0.1, 0.15) is 4.32 Å². The Labute approximate surface area is 91.3 Å². The summed E-state index contributed by atoms with van der Waals surface area (Å²) in [6, 6.07) is 0. The second kappa shape index (κ2) is 6.88. The van der Waals surface area contributed by atoms with Crippen molar-refractivity contribution in [1.29, 1.82) is 0 Å². The molecule has 0 amide bonds. The number of rotatable bonds is 0. The fourth-order valence-corrected chi connectivity index (χ4v) is 0. The fourth-order valence-electron chi connectivity index (χ4n) is 0. The van der Waals surface area contributed by atoms with Crippen LogP contribution in [0.2, 0.25) is 0 Å². The average molecular weight is 147 g/mol. The summed E-state index contributed by atoms with van der Waals surface area (Å²) in [5.41, 5.74) is 4.99. The molecular formula is C2H6KNS2. The first-order valence-corrected chi connectivity index (χ1v) is 2.74. The molecule has 2 N–H and O–H groups in total. The molecule has 0 saturated carbocycles. The number of thioether (sulfide) groups is 1. The Hall–Kier alpha value is 1.88. The summed E-state index contributed by atoms with van der Waals surface area (Å²) >= 11 is 5.83. The topological polar surface area (TPSA) is 26.0 Å². The van der Waals surface area contributed by atoms with E-state index >= 15 is 0 Å². The largest absolute Gasteiger partial charge is 1.00 e. The first-order chi connectivity index (χ1) is 2.27. The molecule has 0 aromatic rings. The van der Waals surface area contributed by atoms with Crippen molar-refractivity contribution < 1.29 is 52.8 Å². The first-order valence-electron chi connectivity index (χ1n) is 1.11. The molecule has 0 saturated heterocycles. The zero-order valence-corrected chi connectivity index (χ0v) is 8.65. The zero-order chi connectivity index (χ0) is 4.28. The van der Waals surface area contributed by atoms with Crippen LogP contribution in [-0.2, 0) is 0 Å². The average Bonchev–Trinajstić information content (AvgIpc) is 1.38. The van der Waals surface area contributed by atoms with Gasteiger partial charge in [0, 0.05) is 0 Å². The maximum absolute atomic E-state index is 4.99. The van der Waals surface area contributed by atoms with Crippen LogP contribution in [0.25, 0.3) is 0 Å². The van der Waals surface area contributed by atoms with Gasteiger partial charge in [0.05, 0.1) is 0 Å². The third-order valence-corrected chi connectivity index (χ3v) is 1.10. The van der Waals surface area contributed by atoms with E-state index in [1.54, 1.807) is 0 Å². The van der Waals surface area contributed by atoms with Crippen LogP contribution in [0.5, 0.6) is 0 Å². The van der Waals surface area contributed by atoms with Gasteiger partial charge < -0.3 is 7.16 Å². The molecule has 6 heavy (non-hydrogen) atoms. The number of hydrogen-bond donors (Lipinski definition) is 1. The summed E-state index contributed by atoms with van der Waals surface area (Å²) in [6.07, 6.45) is 1.85. The molecule has 0 radical (unpaired) electrons. The molecule has 0 spiro atoms. The number of hydrogen-bond acceptors (Lipinski definition) is 2. The van der Waals surface area contributed by atoms with Crippen LogP contribution >= 0.6 is 24.0 Å². The summed E-state index contributed by atoms with van der Waals surface area (Å²) in [4.78, 5) is 0. The quantitative estimate of drug-likeness (QED) is 0.308. The predicted octanol–water partition coefficient (Wildman–Crippen LogP) is -2.29. The van der Waals surface area contributed by atoms with E-state index in [2.05, 4.69) is 12.2 Å². The molecule has 0 atom stereocenters. The first kappa shape index (κ1) is 10.8. The third-order valence-electron chi connectivity index (χ3n) is 0.201. The van der Waals surface area contributed by atoms with Crippen molar-refractivity contribution in [1.82, 2.24) is 0 Å². The van der Waals surface area contributed by atoms with E-state index in [4.69, 9.17) is 5.73 Å². The smallest absolute Gasteiger partial charge is 1.00 e. The molecule has 0 aromatic carbocycles. The Kier molecular flexibility index (Phi) is 12.4. The second-order valence-corrected chi connectivity index (χ2v) is 2.07. The van der Waals surface area contributed by atoms with Crippen LogP contribution in [0.15, 0.2) is 0 Å². The summed E-state index contributed by atoms with van der Waals surface area (Å²) in [5, 5.41) is 0. The predicted molar refractivity (Wildman–Crippen MR) is 31.4 cm³/mol. The van der Waals surface area contributed by atoms with Gasteiger partial charge in [-0.25, -0.2) is 0 Å². The summed E-state index contributed by atoms with van der Waals surface area (Å²) in [6.45, 7) is 0. The van der Waals surface area contributed by atoms with E-state index < -0.39 is 0 Å². The molecular weight excluding hydrogens is 141 g/mol. The second-order valence-electron chi connectivity index (χ2n) is 0.523. The van der Waals surface area contributed by atoms with Crippen LogP contribution in [0.3, 0.4) is 0 Å². The Morgan fingerprint density at radius 1 is 2.00 bits per heavy atom. The molecule has 0 rings (SSSR count). The van der Waals surface area contributed by atoms with Crippen molar-refractivity contribution in [2.24, 2.45) is 5.73 Å². The molecule has 0 aromatic heterocycles. The van der Waals surface area contributed by atoms with Gasteiger partial charge in [-0.05, 0) is 6.26 Å². The minimum absolute atomic E-state index is 0. The molecule has 0 bridgehead atoms. The maximum atomic E-state index is 4.99. The Morgan fingerprint density at radius 3 is 2.17 bits per heavy atom. The van der Waals surface area contributed by atoms with Crippen LogP contribution in [-0.4, -0.2) is 10.6 Å². The Bertz CT molecular complexity index is 51.0. The zero-order valence-electron chi connectivity index (χ0n) is 4.89. The Balaban J connectivity index is -0.0000000800. The van der Waals surface area contributed by atoms with Crippen LogP contribution < -0.4 is 57.1 Å². The van der Waals surface area contributed by atoms with Gasteiger partial charge in [-0.3, -0.25) is 0 Å². The van der Waals surface area contributed by atoms with Crippen molar-refractivity contribution in [2.45, 2.75) is 0 Å². The molecule has 0 unspecified atom stereocenters. The van der Waals surface area contributed by atoms with Gasteiger partial charge in [-0.1, -0.05) is 12.2 Å². The Morgan fingerprint density at radius 2 is 2.17 bits per heavy atom. The van der Waals surface area contributed by atoms with E-state index in [9.17, 15) is 0 Å². The summed E-state index contributed by atoms with van der Waals surface area (Å²) in [5.74, 6) is 0. The van der Waals surface area contributed by atoms with Gasteiger partial charge in [-0.2, -0.15) is 0 Å². The fraction of sp³-hybridized carbons (Fsp3) is 0.500. The van der Waals surface area contributed by atoms with Crippen molar-refractivity contribution in [2.75, 3.05) is 6.26 Å². The van der Waals surface area contributed by atoms with E-state index in [1.807, 2.05) is 6.26 Å². The van der Waals surface area contributed by atoms with Crippen LogP contribution in [0.1, 0.15) is 1.43 Å². The van der Waals surface area contributed by atoms with Crippen LogP contribution in [0, 0.1) is 0 Å². The van der Waals surface area contributed by atoms with Gasteiger partial charge in [-0.15, -0.1) is 11.8 Å². The minimum Gasteiger partial charge on any atom is -1.00 e. The monoisotopic (exact) mass is 147 g/mol. The molecule has 4 heteroatoms. The summed E-state index contributed by atoms with van der Waals surface area (Å²) in [7, 11) is 0. The van der Waals surface area contributed by atoms with Gasteiger partial charge in [0.2, 0.25) is 0 Å². The number of thiocarbonyl (C=S) groups is 1. The van der Waals surface area contributed by atoms with Gasteiger partial charge >= 0.3 is 51.4 Å². The normalized spacial score (nSPS) is 6.17. The van der Waals surface area contributed by atoms with Gasteiger partial charge in [0.15, 0.2) is 0 Å². The van der Waals surface area contributed by atoms with E-state index in [0.717, 1.165) is 0 Å². The summed E-state index contributed by atoms with van der Waals surface area (Å²) < 4.78 is 0.505. The van der Waals surface area contributed by atoms with Crippen molar-refractivity contribution in [3.05, 3.63) is 0 Å². The maximum Gasteiger partial charge on any atom is 1.00 e. The van der Waals surface area contributed by atoms with Crippen molar-refractivity contribution in [3.63, 3.8) is 0 Å². The molecule has 0 heterocycles. The van der Waals surface area contributed by atoms with Crippen molar-refractivity contribution >= 4 is 28.3 Å². The van der Waals surface area contributed by atoms with Crippen LogP contribution in [0.4, 0.5) is 0 Å². The molecule has 1 nitrogen and oxygen atoms in total. The van der Waals surface area contributed by atoms with Crippen molar-refractivity contribution in [3.8, 4) is 0 Å². The van der Waals surface area contributed by atoms with E-state index in [1.165, 1.54) is 11.8 Å². The van der Waals surface area contributed by atoms with Gasteiger partial charge in [0.25, 0.3) is 0 Å². The van der Waals surface area contributed by atoms with E-state index in [-0.39, 0.29) is 52.8 Å². The third kappa shape index (κ3) is 9.30. The molecule has 0 fully saturated rings. The molecule has 0 aliphatic rings. The number of nitrogens with two attached hydrogens (primary N) is 1. The molecule has 0 aliphatic heterocycles. The molecule has 32 valence electrons.